The third-order valence-electron chi connectivity index (χ3n) is 2.65. The van der Waals surface area contributed by atoms with Crippen molar-refractivity contribution in [3.63, 3.8) is 0 Å². The summed E-state index contributed by atoms with van der Waals surface area (Å²) >= 11 is 0. The average molecular weight is 223 g/mol. The molecule has 5 nitrogen and oxygen atoms in total. The molecule has 0 saturated heterocycles. The van der Waals surface area contributed by atoms with E-state index in [1.165, 1.54) is 11.2 Å². The van der Waals surface area contributed by atoms with Gasteiger partial charge in [-0.25, -0.2) is 5.01 Å². The number of nitrogens with one attached hydrogen (secondary N) is 1. The molecule has 0 radical (unpaired) electrons. The van der Waals surface area contributed by atoms with E-state index in [1.54, 1.807) is 0 Å². The van der Waals surface area contributed by atoms with Crippen molar-refractivity contribution in [2.45, 2.75) is 45.2 Å². The second-order valence-corrected chi connectivity index (χ2v) is 5.35. The Balaban J connectivity index is 2.01. The summed E-state index contributed by atoms with van der Waals surface area (Å²) in [6, 6.07) is 0.275. The molecule has 1 N–H and O–H groups in total. The first-order chi connectivity index (χ1) is 7.39. The number of nitrogens with zero attached hydrogens (tertiary/aromatic N) is 2. The van der Waals surface area contributed by atoms with Crippen LogP contribution in [0.3, 0.4) is 0 Å². The van der Waals surface area contributed by atoms with E-state index in [-0.39, 0.29) is 23.4 Å². The highest BCUT2D eigenvalue weighted by Gasteiger charge is 2.40. The first-order valence-electron chi connectivity index (χ1n) is 5.58. The molecule has 2 amide bonds. The van der Waals surface area contributed by atoms with E-state index in [4.69, 9.17) is 0 Å². The summed E-state index contributed by atoms with van der Waals surface area (Å²) in [6.45, 7) is 5.68. The summed E-state index contributed by atoms with van der Waals surface area (Å²) in [6.07, 6.45) is 3.48. The molecule has 5 heteroatoms. The van der Waals surface area contributed by atoms with Crippen LogP contribution in [0.4, 0.5) is 0 Å². The lowest BCUT2D eigenvalue weighted by Gasteiger charge is -2.28. The van der Waals surface area contributed by atoms with Gasteiger partial charge in [0.1, 0.15) is 0 Å². The lowest BCUT2D eigenvalue weighted by atomic mass is 10.1. The Kier molecular flexibility index (Phi) is 2.48. The highest BCUT2D eigenvalue weighted by Crippen LogP contribution is 2.23. The van der Waals surface area contributed by atoms with Gasteiger partial charge in [-0.05, 0) is 33.6 Å². The van der Waals surface area contributed by atoms with Crippen LogP contribution in [-0.4, -0.2) is 34.6 Å². The van der Waals surface area contributed by atoms with Crippen LogP contribution in [0.2, 0.25) is 0 Å². The number of hydrogen-bond acceptors (Lipinski definition) is 3. The maximum Gasteiger partial charge on any atom is 0.261 e. The van der Waals surface area contributed by atoms with Gasteiger partial charge in [0.25, 0.3) is 5.91 Å². The standard InChI is InChI=1S/C11H17N3O2/c1-11(2,3)14-10(16)8(6-12-14)9(15)13-7-4-5-7/h6-8H,4-5H2,1-3H3,(H,13,15). The third kappa shape index (κ3) is 2.08. The molecule has 1 heterocycles. The van der Waals surface area contributed by atoms with E-state index >= 15 is 0 Å². The maximum atomic E-state index is 11.9. The summed E-state index contributed by atoms with van der Waals surface area (Å²) < 4.78 is 0. The predicted octanol–water partition coefficient (Wildman–Crippen LogP) is 0.508. The van der Waals surface area contributed by atoms with Crippen LogP contribution in [0.1, 0.15) is 33.6 Å². The third-order valence-corrected chi connectivity index (χ3v) is 2.65. The molecule has 0 bridgehead atoms. The molecule has 0 aromatic carbocycles. The first kappa shape index (κ1) is 11.1. The van der Waals surface area contributed by atoms with Crippen molar-refractivity contribution in [3.05, 3.63) is 0 Å². The van der Waals surface area contributed by atoms with Gasteiger partial charge in [0, 0.05) is 12.3 Å². The molecule has 16 heavy (non-hydrogen) atoms. The second kappa shape index (κ2) is 3.57. The van der Waals surface area contributed by atoms with Gasteiger partial charge in [-0.3, -0.25) is 9.59 Å². The average Bonchev–Trinajstić information content (AvgIpc) is 2.85. The van der Waals surface area contributed by atoms with Crippen LogP contribution in [0.5, 0.6) is 0 Å². The van der Waals surface area contributed by atoms with Gasteiger partial charge in [-0.2, -0.15) is 5.10 Å². The quantitative estimate of drug-likeness (QED) is 0.693. The van der Waals surface area contributed by atoms with Crippen LogP contribution in [0.25, 0.3) is 0 Å². The zero-order valence-electron chi connectivity index (χ0n) is 9.86. The lowest BCUT2D eigenvalue weighted by Crippen LogP contribution is -2.45. The van der Waals surface area contributed by atoms with Crippen molar-refractivity contribution in [2.75, 3.05) is 0 Å². The Morgan fingerprint density at radius 1 is 1.50 bits per heavy atom. The minimum atomic E-state index is -0.736. The van der Waals surface area contributed by atoms with Gasteiger partial charge in [0.2, 0.25) is 5.91 Å². The fourth-order valence-corrected chi connectivity index (χ4v) is 1.59. The second-order valence-electron chi connectivity index (χ2n) is 5.35. The highest BCUT2D eigenvalue weighted by atomic mass is 16.2. The molecule has 1 aliphatic carbocycles. The zero-order chi connectivity index (χ0) is 11.9. The minimum absolute atomic E-state index is 0.219. The Morgan fingerprint density at radius 2 is 2.12 bits per heavy atom. The van der Waals surface area contributed by atoms with Gasteiger partial charge < -0.3 is 5.32 Å². The van der Waals surface area contributed by atoms with Crippen LogP contribution in [0.15, 0.2) is 5.10 Å². The summed E-state index contributed by atoms with van der Waals surface area (Å²) in [4.78, 5) is 23.7. The molecule has 0 aromatic rings. The highest BCUT2D eigenvalue weighted by molar-refractivity contribution is 6.15. The summed E-state index contributed by atoms with van der Waals surface area (Å²) in [7, 11) is 0. The molecule has 0 spiro atoms. The number of hydrogen-bond donors (Lipinski definition) is 1. The van der Waals surface area contributed by atoms with Crippen molar-refractivity contribution in [1.29, 1.82) is 0 Å². The smallest absolute Gasteiger partial charge is 0.261 e. The number of hydrazone groups is 1. The molecule has 1 aliphatic heterocycles. The molecule has 1 fully saturated rings. The molecular weight excluding hydrogens is 206 g/mol. The Bertz CT molecular complexity index is 353. The SMILES string of the molecule is CC(C)(C)N1N=CC(C(=O)NC2CC2)C1=O. The van der Waals surface area contributed by atoms with Crippen LogP contribution >= 0.6 is 0 Å². The molecule has 1 saturated carbocycles. The van der Waals surface area contributed by atoms with E-state index in [9.17, 15) is 9.59 Å². The van der Waals surface area contributed by atoms with Gasteiger partial charge in [0.15, 0.2) is 5.92 Å². The normalized spacial score (nSPS) is 25.1. The molecular formula is C11H17N3O2. The van der Waals surface area contributed by atoms with Crippen molar-refractivity contribution >= 4 is 18.0 Å². The number of carbonyl (C=O) groups excluding carboxylic acids is 2. The van der Waals surface area contributed by atoms with Crippen LogP contribution in [0, 0.1) is 5.92 Å². The predicted molar refractivity (Wildman–Crippen MR) is 59.7 cm³/mol. The Hall–Kier alpha value is -1.39. The first-order valence-corrected chi connectivity index (χ1v) is 5.58. The van der Waals surface area contributed by atoms with Crippen molar-refractivity contribution in [3.8, 4) is 0 Å². The fourth-order valence-electron chi connectivity index (χ4n) is 1.59. The zero-order valence-corrected chi connectivity index (χ0v) is 9.86. The maximum absolute atomic E-state index is 11.9. The summed E-state index contributed by atoms with van der Waals surface area (Å²) in [5.74, 6) is -1.19. The molecule has 88 valence electrons. The largest absolute Gasteiger partial charge is 0.352 e. The molecule has 1 unspecified atom stereocenters. The summed E-state index contributed by atoms with van der Waals surface area (Å²) in [5.41, 5.74) is -0.373. The van der Waals surface area contributed by atoms with Gasteiger partial charge >= 0.3 is 0 Å². The molecule has 1 atom stereocenters. The number of amides is 2. The van der Waals surface area contributed by atoms with E-state index < -0.39 is 5.92 Å². The van der Waals surface area contributed by atoms with Crippen LogP contribution in [-0.2, 0) is 9.59 Å². The lowest BCUT2D eigenvalue weighted by molar-refractivity contribution is -0.140. The molecule has 0 aromatic heterocycles. The monoisotopic (exact) mass is 223 g/mol. The van der Waals surface area contributed by atoms with Crippen LogP contribution < -0.4 is 5.32 Å². The summed E-state index contributed by atoms with van der Waals surface area (Å²) in [5, 5.41) is 8.22. The number of carbonyl (C=O) groups is 2. The Labute approximate surface area is 94.9 Å². The van der Waals surface area contributed by atoms with E-state index in [0.717, 1.165) is 12.8 Å². The van der Waals surface area contributed by atoms with E-state index in [1.807, 2.05) is 20.8 Å². The van der Waals surface area contributed by atoms with Gasteiger partial charge in [-0.1, -0.05) is 0 Å². The van der Waals surface area contributed by atoms with E-state index in [2.05, 4.69) is 10.4 Å². The molecule has 2 rings (SSSR count). The fraction of sp³-hybridized carbons (Fsp3) is 0.727. The van der Waals surface area contributed by atoms with E-state index in [0.29, 0.717) is 0 Å². The van der Waals surface area contributed by atoms with Crippen molar-refractivity contribution in [1.82, 2.24) is 10.3 Å². The number of rotatable bonds is 2. The Morgan fingerprint density at radius 3 is 2.56 bits per heavy atom. The van der Waals surface area contributed by atoms with Gasteiger partial charge in [-0.15, -0.1) is 0 Å². The van der Waals surface area contributed by atoms with Crippen molar-refractivity contribution < 1.29 is 9.59 Å². The van der Waals surface area contributed by atoms with Crippen molar-refractivity contribution in [2.24, 2.45) is 11.0 Å². The minimum Gasteiger partial charge on any atom is -0.352 e. The molecule has 2 aliphatic rings. The topological polar surface area (TPSA) is 61.8 Å². The van der Waals surface area contributed by atoms with Gasteiger partial charge in [0.05, 0.1) is 5.54 Å².